The molecule has 1 aliphatic rings. The van der Waals surface area contributed by atoms with Crippen LogP contribution in [0.15, 0.2) is 87.9 Å². The lowest BCUT2D eigenvalue weighted by atomic mass is 10.4. The number of benzene rings is 2. The molecule has 0 N–H and O–H groups in total. The number of oxazole rings is 1. The van der Waals surface area contributed by atoms with E-state index in [1.165, 1.54) is 0 Å². The highest BCUT2D eigenvalue weighted by atomic mass is 31.2. The molecule has 6 nitrogen and oxygen atoms in total. The summed E-state index contributed by atoms with van der Waals surface area (Å²) < 4.78 is 32.0. The first-order valence-corrected chi connectivity index (χ1v) is 11.6. The van der Waals surface area contributed by atoms with Crippen molar-refractivity contribution in [1.82, 2.24) is 4.98 Å². The Labute approximate surface area is 174 Å². The SMILES string of the molecule is O=P(c1ccccc1)(c1ccccc1)c1nc(-c2ccco2)oc1N1CCOCC1. The van der Waals surface area contributed by atoms with E-state index in [4.69, 9.17) is 18.6 Å². The van der Waals surface area contributed by atoms with Gasteiger partial charge in [-0.3, -0.25) is 0 Å². The summed E-state index contributed by atoms with van der Waals surface area (Å²) in [5.74, 6) is 1.34. The van der Waals surface area contributed by atoms with Crippen LogP contribution in [-0.4, -0.2) is 31.3 Å². The second-order valence-electron chi connectivity index (χ2n) is 7.00. The van der Waals surface area contributed by atoms with Crippen LogP contribution in [0.5, 0.6) is 0 Å². The lowest BCUT2D eigenvalue weighted by Gasteiger charge is -2.28. The van der Waals surface area contributed by atoms with Gasteiger partial charge in [-0.25, -0.2) is 4.98 Å². The molecule has 152 valence electrons. The van der Waals surface area contributed by atoms with E-state index in [0.717, 1.165) is 0 Å². The summed E-state index contributed by atoms with van der Waals surface area (Å²) in [6.07, 6.45) is 1.57. The largest absolute Gasteiger partial charge is 0.459 e. The summed E-state index contributed by atoms with van der Waals surface area (Å²) in [6, 6.07) is 22.5. The highest BCUT2D eigenvalue weighted by Gasteiger charge is 2.39. The summed E-state index contributed by atoms with van der Waals surface area (Å²) in [7, 11) is -3.29. The Morgan fingerprint density at radius 2 is 1.47 bits per heavy atom. The fraction of sp³-hybridized carbons (Fsp3) is 0.174. The molecule has 1 saturated heterocycles. The van der Waals surface area contributed by atoms with Crippen LogP contribution in [0.25, 0.3) is 11.7 Å². The molecule has 4 aromatic rings. The van der Waals surface area contributed by atoms with Gasteiger partial charge in [-0.1, -0.05) is 60.7 Å². The van der Waals surface area contributed by atoms with Crippen molar-refractivity contribution in [2.24, 2.45) is 0 Å². The molecule has 2 aromatic carbocycles. The highest BCUT2D eigenvalue weighted by Crippen LogP contribution is 2.46. The van der Waals surface area contributed by atoms with Crippen molar-refractivity contribution in [3.8, 4) is 11.7 Å². The Kier molecular flexibility index (Phi) is 5.03. The van der Waals surface area contributed by atoms with Crippen LogP contribution in [0.1, 0.15) is 0 Å². The maximum Gasteiger partial charge on any atom is 0.265 e. The predicted octanol–water partition coefficient (Wildman–Crippen LogP) is 3.41. The summed E-state index contributed by atoms with van der Waals surface area (Å²) in [5, 5.41) is 1.43. The minimum absolute atomic E-state index is 0.323. The van der Waals surface area contributed by atoms with Gasteiger partial charge in [0.05, 0.1) is 19.5 Å². The van der Waals surface area contributed by atoms with Crippen LogP contribution in [0.3, 0.4) is 0 Å². The fourth-order valence-electron chi connectivity index (χ4n) is 3.66. The van der Waals surface area contributed by atoms with E-state index in [9.17, 15) is 4.57 Å². The molecular weight excluding hydrogens is 399 g/mol. The van der Waals surface area contributed by atoms with Gasteiger partial charge in [-0.15, -0.1) is 0 Å². The molecule has 0 saturated carbocycles. The van der Waals surface area contributed by atoms with Gasteiger partial charge in [-0.05, 0) is 12.1 Å². The number of ether oxygens (including phenoxy) is 1. The van der Waals surface area contributed by atoms with Crippen molar-refractivity contribution in [2.45, 2.75) is 0 Å². The number of morpholine rings is 1. The van der Waals surface area contributed by atoms with Crippen molar-refractivity contribution < 1.29 is 18.1 Å². The predicted molar refractivity (Wildman–Crippen MR) is 117 cm³/mol. The van der Waals surface area contributed by atoms with Crippen LogP contribution < -0.4 is 20.9 Å². The summed E-state index contributed by atoms with van der Waals surface area (Å²) in [5.41, 5.74) is 0.438. The average molecular weight is 420 g/mol. The lowest BCUT2D eigenvalue weighted by Crippen LogP contribution is -2.39. The molecule has 0 bridgehead atoms. The number of hydrogen-bond donors (Lipinski definition) is 0. The highest BCUT2D eigenvalue weighted by molar-refractivity contribution is 7.85. The number of anilines is 1. The molecule has 1 fully saturated rings. The van der Waals surface area contributed by atoms with E-state index in [0.29, 0.717) is 59.9 Å². The second kappa shape index (κ2) is 7.98. The molecule has 1 aliphatic heterocycles. The zero-order valence-electron chi connectivity index (χ0n) is 16.3. The minimum atomic E-state index is -3.29. The molecule has 3 heterocycles. The molecule has 0 atom stereocenters. The van der Waals surface area contributed by atoms with E-state index >= 15 is 0 Å². The number of furan rings is 1. The second-order valence-corrected chi connectivity index (χ2v) is 9.68. The summed E-state index contributed by atoms with van der Waals surface area (Å²) in [6.45, 7) is 2.45. The Morgan fingerprint density at radius 3 is 2.03 bits per heavy atom. The van der Waals surface area contributed by atoms with E-state index in [-0.39, 0.29) is 0 Å². The van der Waals surface area contributed by atoms with Gasteiger partial charge in [-0.2, -0.15) is 0 Å². The minimum Gasteiger partial charge on any atom is -0.459 e. The number of nitrogens with zero attached hydrogens (tertiary/aromatic N) is 2. The fourth-order valence-corrected chi connectivity index (χ4v) is 6.32. The van der Waals surface area contributed by atoms with Crippen molar-refractivity contribution in [3.63, 3.8) is 0 Å². The van der Waals surface area contributed by atoms with Gasteiger partial charge in [0, 0.05) is 23.7 Å². The first-order chi connectivity index (χ1) is 14.8. The summed E-state index contributed by atoms with van der Waals surface area (Å²) in [4.78, 5) is 6.80. The third-order valence-electron chi connectivity index (χ3n) is 5.16. The van der Waals surface area contributed by atoms with Crippen molar-refractivity contribution >= 4 is 29.1 Å². The van der Waals surface area contributed by atoms with Gasteiger partial charge in [0.2, 0.25) is 5.88 Å². The molecule has 30 heavy (non-hydrogen) atoms. The Morgan fingerprint density at radius 1 is 0.833 bits per heavy atom. The normalized spacial score (nSPS) is 14.7. The average Bonchev–Trinajstić information content (AvgIpc) is 3.51. The van der Waals surface area contributed by atoms with Gasteiger partial charge in [0.15, 0.2) is 18.3 Å². The van der Waals surface area contributed by atoms with Crippen molar-refractivity contribution in [2.75, 3.05) is 31.2 Å². The molecule has 7 heteroatoms. The Balaban J connectivity index is 1.75. The topological polar surface area (TPSA) is 68.7 Å². The van der Waals surface area contributed by atoms with Crippen LogP contribution >= 0.6 is 7.14 Å². The van der Waals surface area contributed by atoms with Crippen LogP contribution in [0.2, 0.25) is 0 Å². The molecule has 0 spiro atoms. The molecule has 0 radical (unpaired) electrons. The molecular formula is C23H21N2O4P. The molecule has 0 aliphatic carbocycles. The van der Waals surface area contributed by atoms with Crippen molar-refractivity contribution in [3.05, 3.63) is 79.1 Å². The third-order valence-corrected chi connectivity index (χ3v) is 8.10. The van der Waals surface area contributed by atoms with Gasteiger partial charge >= 0.3 is 0 Å². The maximum atomic E-state index is 14.9. The Bertz CT molecular complexity index is 1110. The van der Waals surface area contributed by atoms with Gasteiger partial charge in [0.1, 0.15) is 0 Å². The van der Waals surface area contributed by atoms with Gasteiger partial charge < -0.3 is 23.0 Å². The Hall–Kier alpha value is -3.08. The standard InChI is InChI=1S/C23H21N2O4P/c26-30(18-8-3-1-4-9-18,19-10-5-2-6-11-19)22-23(25-13-16-27-17-14-25)29-21(24-22)20-12-7-15-28-20/h1-12,15H,13-14,16-17H2. The van der Waals surface area contributed by atoms with Crippen LogP contribution in [0.4, 0.5) is 5.88 Å². The zero-order chi connectivity index (χ0) is 20.4. The van der Waals surface area contributed by atoms with E-state index in [1.807, 2.05) is 60.7 Å². The smallest absolute Gasteiger partial charge is 0.265 e. The number of aromatic nitrogens is 1. The molecule has 0 amide bonds. The number of hydrogen-bond acceptors (Lipinski definition) is 6. The van der Waals surface area contributed by atoms with E-state index < -0.39 is 7.14 Å². The first kappa shape index (κ1) is 18.9. The van der Waals surface area contributed by atoms with E-state index in [1.54, 1.807) is 18.4 Å². The van der Waals surface area contributed by atoms with Gasteiger partial charge in [0.25, 0.3) is 5.89 Å². The molecule has 0 unspecified atom stereocenters. The van der Waals surface area contributed by atoms with Crippen molar-refractivity contribution in [1.29, 1.82) is 0 Å². The first-order valence-electron chi connectivity index (χ1n) is 9.86. The molecule has 2 aromatic heterocycles. The summed E-state index contributed by atoms with van der Waals surface area (Å²) >= 11 is 0. The van der Waals surface area contributed by atoms with Crippen LogP contribution in [-0.2, 0) is 9.30 Å². The third kappa shape index (κ3) is 3.28. The molecule has 5 rings (SSSR count). The lowest BCUT2D eigenvalue weighted by molar-refractivity contribution is 0.121. The number of rotatable bonds is 5. The maximum absolute atomic E-state index is 14.9. The quantitative estimate of drug-likeness (QED) is 0.461. The van der Waals surface area contributed by atoms with Crippen LogP contribution in [0, 0.1) is 0 Å². The monoisotopic (exact) mass is 420 g/mol. The zero-order valence-corrected chi connectivity index (χ0v) is 17.2. The van der Waals surface area contributed by atoms with E-state index in [2.05, 4.69) is 4.90 Å².